The van der Waals surface area contributed by atoms with Crippen LogP contribution in [-0.4, -0.2) is 12.5 Å². The first-order valence-electron chi connectivity index (χ1n) is 8.61. The number of para-hydroxylation sites is 1. The molecule has 0 unspecified atom stereocenters. The zero-order valence-corrected chi connectivity index (χ0v) is 14.7. The smallest absolute Gasteiger partial charge is 0.302 e. The maximum atomic E-state index is 12.5. The molecule has 0 radical (unpaired) electrons. The molecule has 4 rings (SSSR count). The van der Waals surface area contributed by atoms with E-state index in [1.807, 2.05) is 31.2 Å². The van der Waals surface area contributed by atoms with Crippen LogP contribution in [0.25, 0.3) is 22.1 Å². The lowest BCUT2D eigenvalue weighted by molar-refractivity contribution is 0.0923. The van der Waals surface area contributed by atoms with Crippen molar-refractivity contribution in [3.63, 3.8) is 0 Å². The van der Waals surface area contributed by atoms with E-state index in [-0.39, 0.29) is 22.4 Å². The summed E-state index contributed by atoms with van der Waals surface area (Å²) in [5.74, 6) is 0.442. The number of ether oxygens (including phenoxy) is 1. The van der Waals surface area contributed by atoms with Crippen LogP contribution in [0.2, 0.25) is 0 Å². The fraction of sp³-hybridized carbons (Fsp3) is 0.143. The van der Waals surface area contributed by atoms with Crippen molar-refractivity contribution >= 4 is 28.0 Å². The zero-order valence-electron chi connectivity index (χ0n) is 14.7. The molecule has 1 N–H and O–H groups in total. The first-order chi connectivity index (χ1) is 13.2. The Morgan fingerprint density at radius 2 is 1.81 bits per heavy atom. The van der Waals surface area contributed by atoms with Crippen molar-refractivity contribution < 1.29 is 18.4 Å². The highest BCUT2D eigenvalue weighted by molar-refractivity contribution is 5.97. The van der Waals surface area contributed by atoms with Gasteiger partial charge in [-0.15, -0.1) is 0 Å². The second-order valence-corrected chi connectivity index (χ2v) is 6.00. The maximum Gasteiger partial charge on any atom is 0.302 e. The fourth-order valence-corrected chi connectivity index (χ4v) is 2.85. The molecule has 2 aromatic heterocycles. The predicted octanol–water partition coefficient (Wildman–Crippen LogP) is 3.87. The lowest BCUT2D eigenvalue weighted by Gasteiger charge is -2.05. The van der Waals surface area contributed by atoms with Gasteiger partial charge in [0.25, 0.3) is 5.91 Å². The van der Waals surface area contributed by atoms with Crippen molar-refractivity contribution in [1.82, 2.24) is 5.32 Å². The van der Waals surface area contributed by atoms with Gasteiger partial charge in [0.1, 0.15) is 16.7 Å². The fourth-order valence-electron chi connectivity index (χ4n) is 2.85. The number of hydrogen-bond donors (Lipinski definition) is 1. The van der Waals surface area contributed by atoms with Gasteiger partial charge in [-0.1, -0.05) is 24.3 Å². The summed E-state index contributed by atoms with van der Waals surface area (Å²) in [6.07, 6.45) is 0. The maximum absolute atomic E-state index is 12.5. The largest absolute Gasteiger partial charge is 0.494 e. The Hall–Kier alpha value is -3.54. The predicted molar refractivity (Wildman–Crippen MR) is 101 cm³/mol. The minimum Gasteiger partial charge on any atom is -0.494 e. The third-order valence-electron chi connectivity index (χ3n) is 4.19. The molecule has 0 saturated carbocycles. The van der Waals surface area contributed by atoms with Crippen molar-refractivity contribution in [3.8, 4) is 5.75 Å². The molecule has 136 valence electrons. The summed E-state index contributed by atoms with van der Waals surface area (Å²) in [6.45, 7) is 2.85. The Bertz CT molecular complexity index is 1170. The molecule has 6 heteroatoms. The van der Waals surface area contributed by atoms with Crippen LogP contribution in [0.15, 0.2) is 68.2 Å². The van der Waals surface area contributed by atoms with E-state index in [0.717, 1.165) is 11.3 Å². The third kappa shape index (κ3) is 3.29. The van der Waals surface area contributed by atoms with Gasteiger partial charge in [0.05, 0.1) is 12.0 Å². The van der Waals surface area contributed by atoms with E-state index in [1.165, 1.54) is 6.07 Å². The Balaban J connectivity index is 1.55. The van der Waals surface area contributed by atoms with Crippen molar-refractivity contribution in [2.45, 2.75) is 13.5 Å². The quantitative estimate of drug-likeness (QED) is 0.582. The molecular weight excluding hydrogens is 346 g/mol. The zero-order chi connectivity index (χ0) is 18.8. The van der Waals surface area contributed by atoms with Crippen LogP contribution in [0.3, 0.4) is 0 Å². The van der Waals surface area contributed by atoms with E-state index in [0.29, 0.717) is 24.1 Å². The van der Waals surface area contributed by atoms with Crippen LogP contribution in [0.4, 0.5) is 0 Å². The number of rotatable bonds is 5. The van der Waals surface area contributed by atoms with Gasteiger partial charge >= 0.3 is 5.78 Å². The normalized spacial score (nSPS) is 11.0. The molecule has 0 fully saturated rings. The Morgan fingerprint density at radius 3 is 2.59 bits per heavy atom. The molecule has 6 nitrogen and oxygen atoms in total. The molecule has 1 amide bonds. The van der Waals surface area contributed by atoms with E-state index < -0.39 is 5.91 Å². The summed E-state index contributed by atoms with van der Waals surface area (Å²) in [6, 6.07) is 15.8. The highest BCUT2D eigenvalue weighted by Crippen LogP contribution is 2.21. The summed E-state index contributed by atoms with van der Waals surface area (Å²) < 4.78 is 16.4. The highest BCUT2D eigenvalue weighted by atomic mass is 16.5. The molecule has 0 atom stereocenters. The molecule has 27 heavy (non-hydrogen) atoms. The van der Waals surface area contributed by atoms with Gasteiger partial charge in [-0.2, -0.15) is 0 Å². The number of hydrogen-bond acceptors (Lipinski definition) is 5. The second-order valence-electron chi connectivity index (χ2n) is 6.00. The minimum atomic E-state index is -0.418. The van der Waals surface area contributed by atoms with Crippen molar-refractivity contribution in [2.75, 3.05) is 6.61 Å². The minimum absolute atomic E-state index is 0.0343. The highest BCUT2D eigenvalue weighted by Gasteiger charge is 2.17. The van der Waals surface area contributed by atoms with Crippen LogP contribution >= 0.6 is 0 Å². The lowest BCUT2D eigenvalue weighted by atomic mass is 10.2. The Kier molecular flexibility index (Phi) is 4.38. The van der Waals surface area contributed by atoms with Crippen molar-refractivity contribution in [3.05, 3.63) is 76.1 Å². The third-order valence-corrected chi connectivity index (χ3v) is 4.19. The van der Waals surface area contributed by atoms with Crippen LogP contribution in [0.1, 0.15) is 23.0 Å². The first-order valence-corrected chi connectivity index (χ1v) is 8.61. The molecule has 4 aromatic rings. The lowest BCUT2D eigenvalue weighted by Crippen LogP contribution is -2.22. The second kappa shape index (κ2) is 6.99. The number of carbonyl (C=O) groups excluding carboxylic acids is 1. The summed E-state index contributed by atoms with van der Waals surface area (Å²) >= 11 is 0. The van der Waals surface area contributed by atoms with Gasteiger partial charge < -0.3 is 18.9 Å². The molecule has 0 bridgehead atoms. The molecule has 0 saturated heterocycles. The van der Waals surface area contributed by atoms with E-state index >= 15 is 0 Å². The monoisotopic (exact) mass is 363 g/mol. The van der Waals surface area contributed by atoms with Gasteiger partial charge in [-0.3, -0.25) is 9.59 Å². The van der Waals surface area contributed by atoms with Crippen LogP contribution in [0, 0.1) is 0 Å². The molecule has 2 aromatic carbocycles. The van der Waals surface area contributed by atoms with Gasteiger partial charge in [0.2, 0.25) is 5.43 Å². The average molecular weight is 363 g/mol. The topological polar surface area (TPSA) is 81.7 Å². The SMILES string of the molecule is CCOc1ccc(CNC(=O)c2cc3c(=O)c4ccccc4oc3o2)cc1. The van der Waals surface area contributed by atoms with E-state index in [1.54, 1.807) is 24.3 Å². The standard InChI is InChI=1S/C21H17NO5/c1-2-25-14-9-7-13(8-10-14)12-22-20(24)18-11-16-19(23)15-5-3-4-6-17(15)26-21(16)27-18/h3-11H,2,12H2,1H3,(H,22,24). The Labute approximate surface area is 154 Å². The van der Waals surface area contributed by atoms with Crippen LogP contribution in [0.5, 0.6) is 5.75 Å². The van der Waals surface area contributed by atoms with Gasteiger partial charge in [0.15, 0.2) is 5.76 Å². The first kappa shape index (κ1) is 16.9. The number of benzene rings is 2. The molecule has 0 aliphatic heterocycles. The van der Waals surface area contributed by atoms with Gasteiger partial charge in [0, 0.05) is 12.6 Å². The molecule has 2 heterocycles. The summed E-state index contributed by atoms with van der Waals surface area (Å²) in [5, 5.41) is 3.47. The number of carbonyl (C=O) groups is 1. The van der Waals surface area contributed by atoms with E-state index in [4.69, 9.17) is 13.6 Å². The average Bonchev–Trinajstić information content (AvgIpc) is 3.12. The molecule has 0 spiro atoms. The summed E-state index contributed by atoms with van der Waals surface area (Å²) in [4.78, 5) is 24.9. The summed E-state index contributed by atoms with van der Waals surface area (Å²) in [7, 11) is 0. The van der Waals surface area contributed by atoms with Gasteiger partial charge in [-0.05, 0) is 36.8 Å². The summed E-state index contributed by atoms with van der Waals surface area (Å²) in [5.41, 5.74) is 1.12. The molecular formula is C21H17NO5. The van der Waals surface area contributed by atoms with Gasteiger partial charge in [-0.25, -0.2) is 0 Å². The van der Waals surface area contributed by atoms with E-state index in [2.05, 4.69) is 5.32 Å². The van der Waals surface area contributed by atoms with Crippen LogP contribution in [-0.2, 0) is 6.54 Å². The van der Waals surface area contributed by atoms with Crippen molar-refractivity contribution in [1.29, 1.82) is 0 Å². The Morgan fingerprint density at radius 1 is 1.04 bits per heavy atom. The van der Waals surface area contributed by atoms with E-state index in [9.17, 15) is 9.59 Å². The molecule has 0 aliphatic carbocycles. The van der Waals surface area contributed by atoms with Crippen LogP contribution < -0.4 is 15.5 Å². The molecule has 0 aliphatic rings. The number of nitrogens with one attached hydrogen (secondary N) is 1. The number of furan rings is 1. The number of fused-ring (bicyclic) bond motifs is 2. The van der Waals surface area contributed by atoms with Crippen molar-refractivity contribution in [2.24, 2.45) is 0 Å². The number of amides is 1.